The summed E-state index contributed by atoms with van der Waals surface area (Å²) in [5.41, 5.74) is 0.744. The maximum absolute atomic E-state index is 17.2. The van der Waals surface area contributed by atoms with Crippen LogP contribution in [0.2, 0.25) is 0 Å². The highest BCUT2D eigenvalue weighted by molar-refractivity contribution is 6.03. The predicted molar refractivity (Wildman–Crippen MR) is 188 cm³/mol. The number of phenols is 1. The van der Waals surface area contributed by atoms with Crippen molar-refractivity contribution in [2.24, 2.45) is 0 Å². The molecule has 5 heterocycles. The van der Waals surface area contributed by atoms with E-state index in [4.69, 9.17) is 9.72 Å². The first-order chi connectivity index (χ1) is 25.0. The fraction of sp³-hybridized carbons (Fsp3) is 0.421. The molecule has 0 radical (unpaired) electrons. The largest absolute Gasteiger partial charge is 0.508 e. The number of benzene rings is 3. The van der Waals surface area contributed by atoms with Crippen LogP contribution in [0, 0.1) is 24.4 Å². The second-order valence-electron chi connectivity index (χ2n) is 14.1. The molecule has 0 unspecified atom stereocenters. The lowest BCUT2D eigenvalue weighted by molar-refractivity contribution is 0.0956. The van der Waals surface area contributed by atoms with E-state index >= 15 is 13.2 Å². The highest BCUT2D eigenvalue weighted by Crippen LogP contribution is 2.43. The summed E-state index contributed by atoms with van der Waals surface area (Å²) >= 11 is 0. The van der Waals surface area contributed by atoms with Crippen LogP contribution in [0.1, 0.15) is 59.9 Å². The zero-order chi connectivity index (χ0) is 36.5. The number of ether oxygens (including phenoxy) is 1. The molecule has 52 heavy (non-hydrogen) atoms. The summed E-state index contributed by atoms with van der Waals surface area (Å²) < 4.78 is 71.4. The van der Waals surface area contributed by atoms with E-state index in [1.54, 1.807) is 11.6 Å². The Hall–Kier alpha value is -4.98. The molecule has 3 aromatic carbocycles. The first kappa shape index (κ1) is 34.1. The normalized spacial score (nSPS) is 20.4. The summed E-state index contributed by atoms with van der Waals surface area (Å²) in [5.74, 6) is -2.83. The number of carbonyl (C=O) groups is 1. The van der Waals surface area contributed by atoms with Crippen LogP contribution in [0.25, 0.3) is 32.8 Å². The van der Waals surface area contributed by atoms with Crippen molar-refractivity contribution in [2.45, 2.75) is 70.8 Å². The molecule has 2 saturated heterocycles. The van der Waals surface area contributed by atoms with Crippen molar-refractivity contribution in [2.75, 3.05) is 38.2 Å². The Morgan fingerprint density at radius 3 is 2.71 bits per heavy atom. The third kappa shape index (κ3) is 5.49. The van der Waals surface area contributed by atoms with Crippen LogP contribution in [0.3, 0.4) is 0 Å². The molecule has 14 heteroatoms. The molecule has 3 aliphatic rings. The van der Waals surface area contributed by atoms with Crippen molar-refractivity contribution in [1.29, 1.82) is 0 Å². The van der Waals surface area contributed by atoms with Crippen molar-refractivity contribution in [3.05, 3.63) is 70.3 Å². The number of hydrogen-bond donors (Lipinski definition) is 2. The number of aromatic hydroxyl groups is 1. The second kappa shape index (κ2) is 12.9. The standard InChI is InChI=1S/C38H39F4N7O3/c1-4-24-27(40)8-7-21-13-23(50)14-25(30(21)24)31-28(41)15-26-34(32(31)42)44-37(52-19-38-9-5-11-48(38)17-22(39)16-38)45-35(26)47-10-6-12-49-29(18-47)20(2)33(46-49)36(51)43-3/h7-8,13-15,22,50H,4-6,9-12,16-19H2,1-3H3,(H,43,51)/t22-,38+/m1/s1. The third-order valence-corrected chi connectivity index (χ3v) is 11.0. The number of hydrogen-bond acceptors (Lipinski definition) is 8. The van der Waals surface area contributed by atoms with E-state index in [2.05, 4.69) is 20.3 Å². The molecule has 1 amide bonds. The minimum absolute atomic E-state index is 0.0117. The number of carbonyl (C=O) groups excluding carboxylic acids is 1. The van der Waals surface area contributed by atoms with Crippen LogP contribution in [0.4, 0.5) is 23.4 Å². The summed E-state index contributed by atoms with van der Waals surface area (Å²) in [6.45, 7) is 5.89. The third-order valence-electron chi connectivity index (χ3n) is 11.0. The summed E-state index contributed by atoms with van der Waals surface area (Å²) in [7, 11) is 1.54. The molecule has 10 nitrogen and oxygen atoms in total. The van der Waals surface area contributed by atoms with Crippen molar-refractivity contribution in [3.8, 4) is 22.9 Å². The number of aromatic nitrogens is 4. The minimum atomic E-state index is -1.02. The lowest BCUT2D eigenvalue weighted by Crippen LogP contribution is -2.43. The van der Waals surface area contributed by atoms with Crippen LogP contribution in [-0.2, 0) is 19.5 Å². The van der Waals surface area contributed by atoms with Gasteiger partial charge in [0.25, 0.3) is 5.91 Å². The van der Waals surface area contributed by atoms with Gasteiger partial charge in [0.1, 0.15) is 41.5 Å². The summed E-state index contributed by atoms with van der Waals surface area (Å²) in [4.78, 5) is 25.8. The highest BCUT2D eigenvalue weighted by Gasteiger charge is 2.49. The van der Waals surface area contributed by atoms with E-state index in [0.29, 0.717) is 49.1 Å². The van der Waals surface area contributed by atoms with Gasteiger partial charge in [-0.15, -0.1) is 0 Å². The maximum Gasteiger partial charge on any atom is 0.319 e. The van der Waals surface area contributed by atoms with Crippen molar-refractivity contribution < 1.29 is 32.2 Å². The van der Waals surface area contributed by atoms with E-state index in [1.807, 2.05) is 11.8 Å². The van der Waals surface area contributed by atoms with Gasteiger partial charge in [0, 0.05) is 44.1 Å². The van der Waals surface area contributed by atoms with Gasteiger partial charge in [0.15, 0.2) is 11.5 Å². The molecule has 2 aromatic heterocycles. The van der Waals surface area contributed by atoms with Crippen LogP contribution < -0.4 is 15.0 Å². The number of fused-ring (bicyclic) bond motifs is 4. The van der Waals surface area contributed by atoms with E-state index < -0.39 is 34.7 Å². The fourth-order valence-corrected chi connectivity index (χ4v) is 8.56. The van der Waals surface area contributed by atoms with Crippen LogP contribution in [0.15, 0.2) is 30.3 Å². The Bertz CT molecular complexity index is 2260. The smallest absolute Gasteiger partial charge is 0.319 e. The number of alkyl halides is 1. The molecule has 3 aliphatic heterocycles. The van der Waals surface area contributed by atoms with Crippen LogP contribution in [-0.4, -0.2) is 80.7 Å². The first-order valence-electron chi connectivity index (χ1n) is 17.7. The Morgan fingerprint density at radius 2 is 1.92 bits per heavy atom. The molecule has 2 fully saturated rings. The van der Waals surface area contributed by atoms with Gasteiger partial charge in [0.2, 0.25) is 0 Å². The number of rotatable bonds is 7. The molecule has 2 atom stereocenters. The number of aryl methyl sites for hydroxylation is 2. The number of nitrogens with zero attached hydrogens (tertiary/aromatic N) is 6. The molecule has 272 valence electrons. The number of halogens is 4. The van der Waals surface area contributed by atoms with E-state index in [0.717, 1.165) is 25.1 Å². The highest BCUT2D eigenvalue weighted by atomic mass is 19.1. The zero-order valence-electron chi connectivity index (χ0n) is 29.2. The molecule has 5 aromatic rings. The second-order valence-corrected chi connectivity index (χ2v) is 14.1. The predicted octanol–water partition coefficient (Wildman–Crippen LogP) is 6.37. The first-order valence-corrected chi connectivity index (χ1v) is 17.7. The van der Waals surface area contributed by atoms with Gasteiger partial charge in [-0.3, -0.25) is 14.4 Å². The van der Waals surface area contributed by atoms with E-state index in [9.17, 15) is 14.3 Å². The fourth-order valence-electron chi connectivity index (χ4n) is 8.56. The molecule has 0 spiro atoms. The summed E-state index contributed by atoms with van der Waals surface area (Å²) in [6, 6.07) is 6.42. The SMILES string of the molecule is CCc1c(F)ccc2cc(O)cc(-c3c(F)cc4c(N5CCCn6nc(C(=O)NC)c(C)c6C5)nc(OC[C@@]56CCCN5C[C@H](F)C6)nc4c3F)c12. The number of phenolic OH excluding ortho intramolecular Hbond substituents is 1. The molecule has 2 N–H and O–H groups in total. The molecular formula is C38H39F4N7O3. The van der Waals surface area contributed by atoms with Crippen molar-refractivity contribution in [3.63, 3.8) is 0 Å². The number of amides is 1. The van der Waals surface area contributed by atoms with E-state index in [-0.39, 0.29) is 70.5 Å². The summed E-state index contributed by atoms with van der Waals surface area (Å²) in [6.07, 6.45) is 1.78. The molecule has 0 saturated carbocycles. The van der Waals surface area contributed by atoms with Gasteiger partial charge in [-0.1, -0.05) is 13.0 Å². The van der Waals surface area contributed by atoms with Gasteiger partial charge >= 0.3 is 6.01 Å². The average Bonchev–Trinajstić information content (AvgIpc) is 3.69. The number of nitrogens with one attached hydrogen (secondary N) is 1. The lowest BCUT2D eigenvalue weighted by atomic mass is 9.91. The Kier molecular flexibility index (Phi) is 8.47. The topological polar surface area (TPSA) is 109 Å². The van der Waals surface area contributed by atoms with Crippen LogP contribution >= 0.6 is 0 Å². The lowest BCUT2D eigenvalue weighted by Gasteiger charge is -2.31. The van der Waals surface area contributed by atoms with Crippen LogP contribution in [0.5, 0.6) is 11.8 Å². The van der Waals surface area contributed by atoms with Gasteiger partial charge in [-0.05, 0) is 85.3 Å². The Labute approximate surface area is 297 Å². The van der Waals surface area contributed by atoms with Gasteiger partial charge in [-0.2, -0.15) is 15.1 Å². The maximum atomic E-state index is 17.2. The Balaban J connectivity index is 1.31. The van der Waals surface area contributed by atoms with Crippen molar-refractivity contribution in [1.82, 2.24) is 30.0 Å². The van der Waals surface area contributed by atoms with E-state index in [1.165, 1.54) is 37.4 Å². The Morgan fingerprint density at radius 1 is 1.10 bits per heavy atom. The summed E-state index contributed by atoms with van der Waals surface area (Å²) in [5, 5.41) is 18.6. The van der Waals surface area contributed by atoms with Gasteiger partial charge in [-0.25, -0.2) is 17.6 Å². The van der Waals surface area contributed by atoms with Gasteiger partial charge < -0.3 is 20.1 Å². The quantitative estimate of drug-likeness (QED) is 0.187. The van der Waals surface area contributed by atoms with Crippen molar-refractivity contribution >= 4 is 33.4 Å². The zero-order valence-corrected chi connectivity index (χ0v) is 29.2. The number of anilines is 1. The average molecular weight is 718 g/mol. The molecule has 0 aliphatic carbocycles. The monoisotopic (exact) mass is 717 g/mol. The van der Waals surface area contributed by atoms with Gasteiger partial charge in [0.05, 0.1) is 23.3 Å². The minimum Gasteiger partial charge on any atom is -0.508 e. The molecule has 0 bridgehead atoms. The molecule has 8 rings (SSSR count). The molecular weight excluding hydrogens is 678 g/mol.